The van der Waals surface area contributed by atoms with E-state index in [1.54, 1.807) is 0 Å². The molecule has 0 fully saturated rings. The second kappa shape index (κ2) is 3.77. The summed E-state index contributed by atoms with van der Waals surface area (Å²) in [4.78, 5) is 0. The first kappa shape index (κ1) is 9.33. The molecular weight excluding hydrogens is 267 g/mol. The van der Waals surface area contributed by atoms with Crippen LogP contribution in [0.1, 0.15) is 5.56 Å². The molecule has 0 aliphatic rings. The van der Waals surface area contributed by atoms with Crippen molar-refractivity contribution in [2.24, 2.45) is 0 Å². The van der Waals surface area contributed by atoms with Crippen molar-refractivity contribution >= 4 is 44.6 Å². The van der Waals surface area contributed by atoms with Gasteiger partial charge in [0.1, 0.15) is 0 Å². The van der Waals surface area contributed by atoms with Gasteiger partial charge in [0.05, 0.1) is 0 Å². The summed E-state index contributed by atoms with van der Waals surface area (Å²) in [5, 5.41) is 0. The third kappa shape index (κ3) is 2.09. The fraction of sp³-hybridized carbons (Fsp3) is 0.250. The molecule has 0 amide bonds. The number of halogens is 2. The molecular formula is C8H9BBr2. The van der Waals surface area contributed by atoms with Crippen molar-refractivity contribution in [3.63, 3.8) is 0 Å². The molecule has 0 N–H and O–H groups in total. The maximum Gasteiger partial charge on any atom is 0.155 e. The molecule has 1 aromatic rings. The van der Waals surface area contributed by atoms with Crippen LogP contribution in [0.3, 0.4) is 0 Å². The molecule has 1 rings (SSSR count). The number of benzene rings is 1. The van der Waals surface area contributed by atoms with Gasteiger partial charge < -0.3 is 0 Å². The number of hydrogen-bond acceptors (Lipinski definition) is 0. The zero-order valence-corrected chi connectivity index (χ0v) is 9.79. The van der Waals surface area contributed by atoms with Gasteiger partial charge in [-0.25, -0.2) is 0 Å². The molecule has 1 aromatic carbocycles. The van der Waals surface area contributed by atoms with E-state index in [4.69, 9.17) is 0 Å². The molecule has 58 valence electrons. The topological polar surface area (TPSA) is 0 Å². The molecule has 0 heterocycles. The van der Waals surface area contributed by atoms with E-state index in [0.29, 0.717) is 0 Å². The molecule has 0 atom stereocenters. The van der Waals surface area contributed by atoms with Gasteiger partial charge in [-0.2, -0.15) is 0 Å². The third-order valence-corrected chi connectivity index (χ3v) is 3.08. The van der Waals surface area contributed by atoms with Crippen molar-refractivity contribution in [2.45, 2.75) is 13.7 Å². The van der Waals surface area contributed by atoms with Gasteiger partial charge in [0.25, 0.3) is 0 Å². The van der Waals surface area contributed by atoms with Gasteiger partial charge in [-0.05, 0) is 18.6 Å². The molecule has 0 aliphatic heterocycles. The van der Waals surface area contributed by atoms with Crippen LogP contribution in [0.2, 0.25) is 6.82 Å². The van der Waals surface area contributed by atoms with Crippen molar-refractivity contribution in [3.05, 3.63) is 26.6 Å². The van der Waals surface area contributed by atoms with Crippen LogP contribution >= 0.6 is 31.9 Å². The first-order valence-electron chi connectivity index (χ1n) is 3.59. The van der Waals surface area contributed by atoms with E-state index in [1.165, 1.54) is 15.5 Å². The smallest absolute Gasteiger partial charge is 0.0849 e. The van der Waals surface area contributed by atoms with Crippen molar-refractivity contribution in [1.29, 1.82) is 0 Å². The first-order chi connectivity index (χ1) is 5.15. The third-order valence-electron chi connectivity index (χ3n) is 1.80. The minimum Gasteiger partial charge on any atom is -0.0849 e. The molecule has 0 aromatic heterocycles. The molecule has 0 unspecified atom stereocenters. The van der Waals surface area contributed by atoms with Crippen molar-refractivity contribution in [2.75, 3.05) is 0 Å². The van der Waals surface area contributed by atoms with Crippen LogP contribution in [-0.2, 0) is 0 Å². The van der Waals surface area contributed by atoms with E-state index in [2.05, 4.69) is 57.7 Å². The lowest BCUT2D eigenvalue weighted by Gasteiger charge is -2.05. The fourth-order valence-corrected chi connectivity index (χ4v) is 2.38. The number of hydrogen-bond donors (Lipinski definition) is 0. The normalized spacial score (nSPS) is 9.82. The van der Waals surface area contributed by atoms with Crippen LogP contribution in [0.25, 0.3) is 0 Å². The van der Waals surface area contributed by atoms with Gasteiger partial charge in [0.15, 0.2) is 7.28 Å². The highest BCUT2D eigenvalue weighted by atomic mass is 79.9. The summed E-state index contributed by atoms with van der Waals surface area (Å²) in [6, 6.07) is 4.24. The summed E-state index contributed by atoms with van der Waals surface area (Å²) < 4.78 is 2.33. The highest BCUT2D eigenvalue weighted by Gasteiger charge is 2.01. The van der Waals surface area contributed by atoms with Crippen LogP contribution < -0.4 is 5.46 Å². The van der Waals surface area contributed by atoms with Gasteiger partial charge in [-0.15, -0.1) is 0 Å². The monoisotopic (exact) mass is 274 g/mol. The summed E-state index contributed by atoms with van der Waals surface area (Å²) in [5.41, 5.74) is 2.74. The Morgan fingerprint density at radius 1 is 1.27 bits per heavy atom. The Hall–Kier alpha value is 0.245. The molecule has 0 saturated carbocycles. The minimum atomic E-state index is 1.09. The summed E-state index contributed by atoms with van der Waals surface area (Å²) in [6.07, 6.45) is 0. The molecule has 11 heavy (non-hydrogen) atoms. The van der Waals surface area contributed by atoms with Crippen LogP contribution in [0.4, 0.5) is 0 Å². The molecule has 0 aliphatic carbocycles. The predicted molar refractivity (Wildman–Crippen MR) is 59.2 cm³/mol. The van der Waals surface area contributed by atoms with Gasteiger partial charge in [0, 0.05) is 8.95 Å². The largest absolute Gasteiger partial charge is 0.155 e. The summed E-state index contributed by atoms with van der Waals surface area (Å²) >= 11 is 6.97. The van der Waals surface area contributed by atoms with Crippen molar-refractivity contribution in [3.8, 4) is 0 Å². The zero-order chi connectivity index (χ0) is 8.43. The molecule has 0 bridgehead atoms. The lowest BCUT2D eigenvalue weighted by atomic mass is 9.71. The molecule has 0 spiro atoms. The second-order valence-corrected chi connectivity index (χ2v) is 4.30. The molecule has 0 saturated heterocycles. The average Bonchev–Trinajstić information content (AvgIpc) is 1.96. The van der Waals surface area contributed by atoms with Crippen LogP contribution in [0.5, 0.6) is 0 Å². The van der Waals surface area contributed by atoms with E-state index in [0.717, 1.165) is 11.8 Å². The van der Waals surface area contributed by atoms with Crippen LogP contribution in [0.15, 0.2) is 21.1 Å². The maximum atomic E-state index is 3.51. The molecule has 3 heteroatoms. The first-order valence-corrected chi connectivity index (χ1v) is 5.18. The quantitative estimate of drug-likeness (QED) is 0.691. The lowest BCUT2D eigenvalue weighted by Crippen LogP contribution is -2.14. The van der Waals surface area contributed by atoms with Crippen LogP contribution in [-0.4, -0.2) is 7.28 Å². The lowest BCUT2D eigenvalue weighted by molar-refractivity contribution is 1.45. The minimum absolute atomic E-state index is 1.09. The Morgan fingerprint density at radius 3 is 2.45 bits per heavy atom. The molecule has 0 radical (unpaired) electrons. The molecule has 0 nitrogen and oxygen atoms in total. The summed E-state index contributed by atoms with van der Waals surface area (Å²) in [5.74, 6) is 0. The van der Waals surface area contributed by atoms with E-state index in [-0.39, 0.29) is 0 Å². The van der Waals surface area contributed by atoms with E-state index in [1.807, 2.05) is 0 Å². The Kier molecular flexibility index (Phi) is 3.20. The van der Waals surface area contributed by atoms with Gasteiger partial charge >= 0.3 is 0 Å². The van der Waals surface area contributed by atoms with Gasteiger partial charge in [0.2, 0.25) is 0 Å². The summed E-state index contributed by atoms with van der Waals surface area (Å²) in [6.45, 7) is 4.30. The Morgan fingerprint density at radius 2 is 1.91 bits per heavy atom. The number of rotatable bonds is 1. The van der Waals surface area contributed by atoms with E-state index in [9.17, 15) is 0 Å². The summed E-state index contributed by atoms with van der Waals surface area (Å²) in [7, 11) is 1.09. The Labute approximate surface area is 84.9 Å². The Balaban J connectivity index is 3.24. The Bertz CT molecular complexity index is 271. The van der Waals surface area contributed by atoms with E-state index >= 15 is 0 Å². The maximum absolute atomic E-state index is 3.51. The second-order valence-electron chi connectivity index (χ2n) is 2.53. The fourth-order valence-electron chi connectivity index (χ4n) is 1.07. The zero-order valence-electron chi connectivity index (χ0n) is 6.62. The SMILES string of the molecule is CBc1cc(Br)cc(Br)c1C. The highest BCUT2D eigenvalue weighted by molar-refractivity contribution is 9.11. The highest BCUT2D eigenvalue weighted by Crippen LogP contribution is 2.19. The van der Waals surface area contributed by atoms with Gasteiger partial charge in [-0.1, -0.05) is 50.2 Å². The van der Waals surface area contributed by atoms with Gasteiger partial charge in [-0.3, -0.25) is 0 Å². The van der Waals surface area contributed by atoms with E-state index < -0.39 is 0 Å². The predicted octanol–water partition coefficient (Wildman–Crippen LogP) is 2.63. The average molecular weight is 276 g/mol. The van der Waals surface area contributed by atoms with Crippen molar-refractivity contribution in [1.82, 2.24) is 0 Å². The standard InChI is InChI=1S/C8H9BBr2/c1-5-7(9-2)3-6(10)4-8(5)11/h3-4,9H,1-2H3. The van der Waals surface area contributed by atoms with Crippen LogP contribution in [0, 0.1) is 6.92 Å². The van der Waals surface area contributed by atoms with Crippen molar-refractivity contribution < 1.29 is 0 Å².